The van der Waals surface area contributed by atoms with Gasteiger partial charge in [-0.25, -0.2) is 19.7 Å². The first kappa shape index (κ1) is 28.0. The number of hydrogen-bond donors (Lipinski definition) is 1. The number of carbonyl (C=O) groups is 2. The zero-order chi connectivity index (χ0) is 28.1. The van der Waals surface area contributed by atoms with Crippen LogP contribution in [0.3, 0.4) is 0 Å². The summed E-state index contributed by atoms with van der Waals surface area (Å²) in [5.41, 5.74) is 1.67. The average molecular weight is 573 g/mol. The van der Waals surface area contributed by atoms with Crippen molar-refractivity contribution in [3.63, 3.8) is 0 Å². The van der Waals surface area contributed by atoms with Crippen LogP contribution in [-0.2, 0) is 11.3 Å². The summed E-state index contributed by atoms with van der Waals surface area (Å²) in [7, 11) is 1.48. The van der Waals surface area contributed by atoms with Crippen molar-refractivity contribution in [1.29, 1.82) is 0 Å². The van der Waals surface area contributed by atoms with Gasteiger partial charge >= 0.3 is 5.97 Å². The van der Waals surface area contributed by atoms with Crippen molar-refractivity contribution < 1.29 is 23.5 Å². The highest BCUT2D eigenvalue weighted by molar-refractivity contribution is 7.17. The molecule has 4 rings (SSSR count). The second-order valence-electron chi connectivity index (χ2n) is 8.54. The second kappa shape index (κ2) is 12.2. The molecule has 204 valence electrons. The number of carbonyl (C=O) groups excluding carboxylic acids is 2. The molecule has 1 amide bonds. The Morgan fingerprint density at radius 2 is 2.00 bits per heavy atom. The second-order valence-corrected chi connectivity index (χ2v) is 9.90. The SMILES string of the molecule is CCOC(=O)c1sc(NC(=O)c2cc(OC)cn2Cc2ccnc(F)c2)nc1/C=C/c1ncn(C(C)C)c1Cl. The minimum Gasteiger partial charge on any atom is -0.495 e. The summed E-state index contributed by atoms with van der Waals surface area (Å²) in [6, 6.07) is 4.62. The van der Waals surface area contributed by atoms with E-state index in [2.05, 4.69) is 20.3 Å². The van der Waals surface area contributed by atoms with Gasteiger partial charge in [-0.1, -0.05) is 22.9 Å². The van der Waals surface area contributed by atoms with Gasteiger partial charge in [-0.3, -0.25) is 10.1 Å². The number of nitrogens with one attached hydrogen (secondary N) is 1. The Bertz CT molecular complexity index is 1530. The number of aromatic nitrogens is 5. The highest BCUT2D eigenvalue weighted by Gasteiger charge is 2.22. The summed E-state index contributed by atoms with van der Waals surface area (Å²) < 4.78 is 27.5. The van der Waals surface area contributed by atoms with Gasteiger partial charge in [0, 0.05) is 31.0 Å². The molecule has 10 nitrogen and oxygen atoms in total. The van der Waals surface area contributed by atoms with E-state index in [1.165, 1.54) is 19.4 Å². The maximum atomic E-state index is 13.6. The van der Waals surface area contributed by atoms with Gasteiger partial charge in [0.1, 0.15) is 27.2 Å². The van der Waals surface area contributed by atoms with Gasteiger partial charge in [-0.15, -0.1) is 0 Å². The van der Waals surface area contributed by atoms with E-state index in [0.29, 0.717) is 27.9 Å². The lowest BCUT2D eigenvalue weighted by molar-refractivity contribution is 0.0531. The predicted octanol–water partition coefficient (Wildman–Crippen LogP) is 5.57. The van der Waals surface area contributed by atoms with Crippen LogP contribution in [0.2, 0.25) is 5.15 Å². The highest BCUT2D eigenvalue weighted by atomic mass is 35.5. The Hall–Kier alpha value is -4.03. The van der Waals surface area contributed by atoms with E-state index >= 15 is 0 Å². The lowest BCUT2D eigenvalue weighted by Crippen LogP contribution is -2.17. The quantitative estimate of drug-likeness (QED) is 0.195. The number of ether oxygens (including phenoxy) is 2. The zero-order valence-corrected chi connectivity index (χ0v) is 23.2. The molecular formula is C26H26ClFN6O4S. The highest BCUT2D eigenvalue weighted by Crippen LogP contribution is 2.28. The molecule has 0 radical (unpaired) electrons. The predicted molar refractivity (Wildman–Crippen MR) is 147 cm³/mol. The van der Waals surface area contributed by atoms with E-state index < -0.39 is 17.8 Å². The number of esters is 1. The van der Waals surface area contributed by atoms with Crippen molar-refractivity contribution in [2.75, 3.05) is 19.0 Å². The standard InChI is InChI=1S/C26H26ClFN6O4S/c1-5-38-25(36)22-18(6-7-19-23(27)34(14-30-19)15(2)3)31-26(39-22)32-24(35)20-11-17(37-4)13-33(20)12-16-8-9-29-21(28)10-16/h6-11,13-15H,5,12H2,1-4H3,(H,31,32,35)/b7-6+. The van der Waals surface area contributed by atoms with Gasteiger partial charge in [0.15, 0.2) is 5.13 Å². The van der Waals surface area contributed by atoms with Gasteiger partial charge in [0.25, 0.3) is 5.91 Å². The van der Waals surface area contributed by atoms with Gasteiger partial charge in [0.05, 0.1) is 25.7 Å². The summed E-state index contributed by atoms with van der Waals surface area (Å²) in [5, 5.41) is 3.37. The molecule has 1 N–H and O–H groups in total. The first-order chi connectivity index (χ1) is 18.7. The Balaban J connectivity index is 1.61. The fraction of sp³-hybridized carbons (Fsp3) is 0.269. The van der Waals surface area contributed by atoms with Crippen LogP contribution in [0.4, 0.5) is 9.52 Å². The molecule has 4 heterocycles. The van der Waals surface area contributed by atoms with Crippen molar-refractivity contribution in [2.24, 2.45) is 0 Å². The normalized spacial score (nSPS) is 11.4. The molecule has 13 heteroatoms. The van der Waals surface area contributed by atoms with Crippen molar-refractivity contribution in [3.8, 4) is 5.75 Å². The van der Waals surface area contributed by atoms with Crippen LogP contribution in [0.1, 0.15) is 63.9 Å². The molecule has 0 aliphatic heterocycles. The third-order valence-electron chi connectivity index (χ3n) is 5.53. The Labute approximate surface area is 233 Å². The van der Waals surface area contributed by atoms with E-state index in [1.807, 2.05) is 18.4 Å². The van der Waals surface area contributed by atoms with Crippen LogP contribution in [0.15, 0.2) is 36.9 Å². The van der Waals surface area contributed by atoms with Crippen LogP contribution >= 0.6 is 22.9 Å². The molecule has 0 saturated carbocycles. The zero-order valence-electron chi connectivity index (χ0n) is 21.6. The van der Waals surface area contributed by atoms with E-state index in [4.69, 9.17) is 21.1 Å². The van der Waals surface area contributed by atoms with Gasteiger partial charge in [0.2, 0.25) is 5.95 Å². The number of halogens is 2. The van der Waals surface area contributed by atoms with Gasteiger partial charge in [-0.05, 0) is 50.6 Å². The smallest absolute Gasteiger partial charge is 0.350 e. The Morgan fingerprint density at radius 3 is 2.67 bits per heavy atom. The van der Waals surface area contributed by atoms with Crippen LogP contribution in [0.5, 0.6) is 5.75 Å². The van der Waals surface area contributed by atoms with Crippen molar-refractivity contribution >= 4 is 52.1 Å². The van der Waals surface area contributed by atoms with Gasteiger partial charge < -0.3 is 18.6 Å². The monoisotopic (exact) mass is 572 g/mol. The maximum absolute atomic E-state index is 13.6. The summed E-state index contributed by atoms with van der Waals surface area (Å²) in [4.78, 5) is 38.4. The number of nitrogens with zero attached hydrogens (tertiary/aromatic N) is 5. The van der Waals surface area contributed by atoms with E-state index in [-0.39, 0.29) is 34.9 Å². The molecule has 0 atom stereocenters. The molecule has 0 aliphatic rings. The fourth-order valence-corrected chi connectivity index (χ4v) is 4.84. The molecule has 39 heavy (non-hydrogen) atoms. The van der Waals surface area contributed by atoms with Crippen molar-refractivity contribution in [2.45, 2.75) is 33.4 Å². The van der Waals surface area contributed by atoms with E-state index in [0.717, 1.165) is 11.3 Å². The molecule has 4 aromatic rings. The molecule has 0 unspecified atom stereocenters. The van der Waals surface area contributed by atoms with Crippen molar-refractivity contribution in [3.05, 3.63) is 75.5 Å². The average Bonchev–Trinajstić information content (AvgIpc) is 3.59. The largest absolute Gasteiger partial charge is 0.495 e. The Morgan fingerprint density at radius 1 is 1.23 bits per heavy atom. The molecule has 0 fully saturated rings. The van der Waals surface area contributed by atoms with Crippen LogP contribution < -0.4 is 10.1 Å². The number of imidazole rings is 1. The number of thiazole rings is 1. The summed E-state index contributed by atoms with van der Waals surface area (Å²) >= 11 is 7.40. The third kappa shape index (κ3) is 6.52. The number of pyridine rings is 1. The number of anilines is 1. The fourth-order valence-electron chi connectivity index (χ4n) is 3.65. The van der Waals surface area contributed by atoms with Gasteiger partial charge in [-0.2, -0.15) is 4.39 Å². The van der Waals surface area contributed by atoms with Crippen molar-refractivity contribution in [1.82, 2.24) is 24.1 Å². The third-order valence-corrected chi connectivity index (χ3v) is 6.89. The number of methoxy groups -OCH3 is 1. The minimum absolute atomic E-state index is 0.124. The molecular weight excluding hydrogens is 547 g/mol. The maximum Gasteiger partial charge on any atom is 0.350 e. The first-order valence-electron chi connectivity index (χ1n) is 11.9. The van der Waals surface area contributed by atoms with Crippen LogP contribution in [0.25, 0.3) is 12.2 Å². The molecule has 0 spiro atoms. The molecule has 0 saturated heterocycles. The first-order valence-corrected chi connectivity index (χ1v) is 13.1. The number of amides is 1. The topological polar surface area (TPSA) is 113 Å². The summed E-state index contributed by atoms with van der Waals surface area (Å²) in [6.45, 7) is 6.05. The molecule has 0 aliphatic carbocycles. The molecule has 4 aromatic heterocycles. The van der Waals surface area contributed by atoms with Crippen LogP contribution in [0, 0.1) is 5.95 Å². The molecule has 0 aromatic carbocycles. The minimum atomic E-state index is -0.621. The van der Waals surface area contributed by atoms with Crippen LogP contribution in [-0.4, -0.2) is 49.7 Å². The van der Waals surface area contributed by atoms with E-state index in [9.17, 15) is 14.0 Å². The Kier molecular flexibility index (Phi) is 8.77. The van der Waals surface area contributed by atoms with E-state index in [1.54, 1.807) is 48.3 Å². The summed E-state index contributed by atoms with van der Waals surface area (Å²) in [6.07, 6.45) is 7.87. The number of rotatable bonds is 10. The lowest BCUT2D eigenvalue weighted by atomic mass is 10.2. The lowest BCUT2D eigenvalue weighted by Gasteiger charge is -2.08. The molecule has 0 bridgehead atoms. The summed E-state index contributed by atoms with van der Waals surface area (Å²) in [5.74, 6) is -1.24. The number of hydrogen-bond acceptors (Lipinski definition) is 8.